The van der Waals surface area contributed by atoms with Crippen molar-refractivity contribution < 1.29 is 8.42 Å². The Hall–Kier alpha value is -1.41. The third-order valence-electron chi connectivity index (χ3n) is 3.78. The number of aromatic nitrogens is 2. The fourth-order valence-corrected chi connectivity index (χ4v) is 3.94. The Balaban J connectivity index is 2.27. The molecule has 0 aliphatic heterocycles. The molecule has 0 amide bonds. The van der Waals surface area contributed by atoms with E-state index in [9.17, 15) is 8.42 Å². The van der Waals surface area contributed by atoms with E-state index in [2.05, 4.69) is 14.7 Å². The van der Waals surface area contributed by atoms with Crippen LogP contribution in [0.4, 0.5) is 0 Å². The van der Waals surface area contributed by atoms with Crippen molar-refractivity contribution in [1.29, 1.82) is 5.41 Å². The lowest BCUT2D eigenvalue weighted by Gasteiger charge is -2.36. The third kappa shape index (κ3) is 2.85. The van der Waals surface area contributed by atoms with Gasteiger partial charge in [-0.25, -0.2) is 13.4 Å². The quantitative estimate of drug-likeness (QED) is 0.476. The number of amidine groups is 1. The van der Waals surface area contributed by atoms with E-state index < -0.39 is 15.6 Å². The summed E-state index contributed by atoms with van der Waals surface area (Å²) >= 11 is 0. The zero-order valence-corrected chi connectivity index (χ0v) is 12.4. The van der Waals surface area contributed by atoms with E-state index in [4.69, 9.17) is 11.1 Å². The van der Waals surface area contributed by atoms with Crippen LogP contribution in [-0.4, -0.2) is 29.8 Å². The molecule has 2 rings (SSSR count). The second-order valence-corrected chi connectivity index (χ2v) is 6.86. The molecule has 5 N–H and O–H groups in total. The standard InChI is InChI=1S/C12H21N5O2S/c1-2-9-15-8-10(16-9)20(18,19)17-12(11(13)14)6-4-3-5-7-12/h8,17H,2-7H2,1H3,(H3,13,14)(H,15,16). The summed E-state index contributed by atoms with van der Waals surface area (Å²) in [6.45, 7) is 1.89. The summed E-state index contributed by atoms with van der Waals surface area (Å²) in [6, 6.07) is 0. The van der Waals surface area contributed by atoms with Crippen LogP contribution in [0.1, 0.15) is 44.9 Å². The number of nitrogens with zero attached hydrogens (tertiary/aromatic N) is 1. The third-order valence-corrected chi connectivity index (χ3v) is 5.23. The molecule has 0 aromatic carbocycles. The molecule has 0 radical (unpaired) electrons. The van der Waals surface area contributed by atoms with E-state index >= 15 is 0 Å². The van der Waals surface area contributed by atoms with Crippen LogP contribution in [0, 0.1) is 5.41 Å². The molecule has 0 unspecified atom stereocenters. The Morgan fingerprint density at radius 2 is 2.15 bits per heavy atom. The zero-order chi connectivity index (χ0) is 14.8. The van der Waals surface area contributed by atoms with E-state index in [0.29, 0.717) is 25.1 Å². The lowest BCUT2D eigenvalue weighted by Crippen LogP contribution is -2.58. The topological polar surface area (TPSA) is 125 Å². The van der Waals surface area contributed by atoms with E-state index in [1.165, 1.54) is 6.20 Å². The van der Waals surface area contributed by atoms with Gasteiger partial charge in [-0.1, -0.05) is 26.2 Å². The first-order valence-electron chi connectivity index (χ1n) is 6.82. The molecule has 1 aromatic heterocycles. The lowest BCUT2D eigenvalue weighted by molar-refractivity contribution is 0.348. The highest BCUT2D eigenvalue weighted by Gasteiger charge is 2.39. The average Bonchev–Trinajstić information content (AvgIpc) is 2.88. The number of sulfonamides is 1. The van der Waals surface area contributed by atoms with E-state index in [1.807, 2.05) is 6.92 Å². The fraction of sp³-hybridized carbons (Fsp3) is 0.667. The van der Waals surface area contributed by atoms with Crippen molar-refractivity contribution in [2.45, 2.75) is 56.0 Å². The highest BCUT2D eigenvalue weighted by Crippen LogP contribution is 2.29. The summed E-state index contributed by atoms with van der Waals surface area (Å²) in [5.41, 5.74) is 4.70. The molecule has 0 spiro atoms. The van der Waals surface area contributed by atoms with Crippen molar-refractivity contribution in [3.05, 3.63) is 12.0 Å². The van der Waals surface area contributed by atoms with E-state index in [-0.39, 0.29) is 10.9 Å². The lowest BCUT2D eigenvalue weighted by atomic mass is 9.82. The van der Waals surface area contributed by atoms with Crippen molar-refractivity contribution in [3.8, 4) is 0 Å². The molecule has 7 nitrogen and oxygen atoms in total. The van der Waals surface area contributed by atoms with Crippen LogP contribution in [0.2, 0.25) is 0 Å². The summed E-state index contributed by atoms with van der Waals surface area (Å²) < 4.78 is 27.4. The summed E-state index contributed by atoms with van der Waals surface area (Å²) in [5, 5.41) is 7.77. The smallest absolute Gasteiger partial charge is 0.258 e. The summed E-state index contributed by atoms with van der Waals surface area (Å²) in [6.07, 6.45) is 5.84. The molecular weight excluding hydrogens is 278 g/mol. The summed E-state index contributed by atoms with van der Waals surface area (Å²) in [5.74, 6) is 0.502. The molecule has 1 fully saturated rings. The Labute approximate surface area is 118 Å². The highest BCUT2D eigenvalue weighted by molar-refractivity contribution is 7.89. The molecular formula is C12H21N5O2S. The number of nitrogens with one attached hydrogen (secondary N) is 3. The van der Waals surface area contributed by atoms with Crippen LogP contribution in [-0.2, 0) is 16.4 Å². The minimum atomic E-state index is -3.74. The molecule has 0 bridgehead atoms. The van der Waals surface area contributed by atoms with Gasteiger partial charge in [-0.3, -0.25) is 5.41 Å². The minimum Gasteiger partial charge on any atom is -0.386 e. The van der Waals surface area contributed by atoms with Gasteiger partial charge in [0.2, 0.25) is 0 Å². The molecule has 0 saturated heterocycles. The van der Waals surface area contributed by atoms with Gasteiger partial charge in [-0.15, -0.1) is 0 Å². The van der Waals surface area contributed by atoms with Gasteiger partial charge in [0, 0.05) is 6.42 Å². The number of rotatable bonds is 5. The fourth-order valence-electron chi connectivity index (χ4n) is 2.55. The Kier molecular flexibility index (Phi) is 4.14. The van der Waals surface area contributed by atoms with Gasteiger partial charge >= 0.3 is 0 Å². The van der Waals surface area contributed by atoms with Gasteiger partial charge < -0.3 is 10.7 Å². The predicted octanol–water partition coefficient (Wildman–Crippen LogP) is 0.889. The molecule has 1 heterocycles. The normalized spacial score (nSPS) is 18.9. The number of nitrogens with two attached hydrogens (primary N) is 1. The second-order valence-electron chi connectivity index (χ2n) is 5.21. The van der Waals surface area contributed by atoms with E-state index in [1.54, 1.807) is 0 Å². The van der Waals surface area contributed by atoms with Crippen molar-refractivity contribution in [1.82, 2.24) is 14.7 Å². The molecule has 112 valence electrons. The number of hydrogen-bond acceptors (Lipinski definition) is 4. The number of aryl methyl sites for hydroxylation is 1. The Morgan fingerprint density at radius 3 is 2.65 bits per heavy atom. The maximum atomic E-state index is 12.4. The van der Waals surface area contributed by atoms with Crippen molar-refractivity contribution in [2.75, 3.05) is 0 Å². The number of H-pyrrole nitrogens is 1. The Morgan fingerprint density at radius 1 is 1.50 bits per heavy atom. The number of imidazole rings is 1. The van der Waals surface area contributed by atoms with Gasteiger partial charge in [0.1, 0.15) is 11.7 Å². The van der Waals surface area contributed by atoms with Crippen LogP contribution in [0.25, 0.3) is 0 Å². The molecule has 1 aromatic rings. The summed E-state index contributed by atoms with van der Waals surface area (Å²) in [4.78, 5) is 6.78. The van der Waals surface area contributed by atoms with Crippen LogP contribution in [0.3, 0.4) is 0 Å². The average molecular weight is 299 g/mol. The Bertz CT molecular complexity index is 587. The monoisotopic (exact) mass is 299 g/mol. The first kappa shape index (κ1) is 15.0. The summed E-state index contributed by atoms with van der Waals surface area (Å²) in [7, 11) is -3.74. The SMILES string of the molecule is CCc1ncc(S(=O)(=O)NC2(C(=N)N)CCCCC2)[nH]1. The van der Waals surface area contributed by atoms with Gasteiger partial charge in [0.25, 0.3) is 10.0 Å². The highest BCUT2D eigenvalue weighted by atomic mass is 32.2. The maximum Gasteiger partial charge on any atom is 0.258 e. The van der Waals surface area contributed by atoms with Crippen LogP contribution in [0.5, 0.6) is 0 Å². The number of hydrogen-bond donors (Lipinski definition) is 4. The second kappa shape index (κ2) is 5.53. The first-order chi connectivity index (χ1) is 9.39. The molecule has 1 aliphatic carbocycles. The maximum absolute atomic E-state index is 12.4. The largest absolute Gasteiger partial charge is 0.386 e. The van der Waals surface area contributed by atoms with Crippen LogP contribution < -0.4 is 10.5 Å². The number of aromatic amines is 1. The molecule has 1 aliphatic rings. The molecule has 1 saturated carbocycles. The van der Waals surface area contributed by atoms with Gasteiger partial charge in [0.05, 0.1) is 11.7 Å². The predicted molar refractivity (Wildman–Crippen MR) is 76.0 cm³/mol. The van der Waals surface area contributed by atoms with Gasteiger partial charge in [-0.2, -0.15) is 4.72 Å². The molecule has 20 heavy (non-hydrogen) atoms. The van der Waals surface area contributed by atoms with Crippen molar-refractivity contribution >= 4 is 15.9 Å². The zero-order valence-electron chi connectivity index (χ0n) is 11.6. The minimum absolute atomic E-state index is 0.0283. The van der Waals surface area contributed by atoms with Crippen molar-refractivity contribution in [3.63, 3.8) is 0 Å². The van der Waals surface area contributed by atoms with Gasteiger partial charge in [-0.05, 0) is 12.8 Å². The molecule has 8 heteroatoms. The van der Waals surface area contributed by atoms with Crippen LogP contribution >= 0.6 is 0 Å². The van der Waals surface area contributed by atoms with E-state index in [0.717, 1.165) is 19.3 Å². The molecule has 0 atom stereocenters. The first-order valence-corrected chi connectivity index (χ1v) is 8.30. The van der Waals surface area contributed by atoms with Crippen molar-refractivity contribution in [2.24, 2.45) is 5.73 Å². The van der Waals surface area contributed by atoms with Gasteiger partial charge in [0.15, 0.2) is 5.03 Å². The van der Waals surface area contributed by atoms with Crippen LogP contribution in [0.15, 0.2) is 11.2 Å².